The second-order valence-electron chi connectivity index (χ2n) is 5.98. The Bertz CT molecular complexity index is 681. The molecular formula is C21H25N. The van der Waals surface area contributed by atoms with Gasteiger partial charge < -0.3 is 0 Å². The van der Waals surface area contributed by atoms with Gasteiger partial charge in [-0.25, -0.2) is 0 Å². The Balaban J connectivity index is 0.000000693. The number of pyridine rings is 1. The smallest absolute Gasteiger partial charge is 0.0519 e. The highest BCUT2D eigenvalue weighted by atomic mass is 14.7. The van der Waals surface area contributed by atoms with Crippen LogP contribution in [0.2, 0.25) is 0 Å². The molecule has 0 saturated heterocycles. The maximum absolute atomic E-state index is 4.90. The molecule has 0 fully saturated rings. The molecule has 3 aliphatic rings. The summed E-state index contributed by atoms with van der Waals surface area (Å²) in [7, 11) is 0. The van der Waals surface area contributed by atoms with Crippen molar-refractivity contribution in [3.8, 4) is 11.1 Å². The van der Waals surface area contributed by atoms with Crippen LogP contribution in [0.3, 0.4) is 0 Å². The minimum absolute atomic E-state index is 0.662. The second-order valence-corrected chi connectivity index (χ2v) is 5.98. The first-order chi connectivity index (χ1) is 10.8. The molecule has 0 N–H and O–H groups in total. The fraction of sp³-hybridized carbons (Fsp3) is 0.381. The van der Waals surface area contributed by atoms with Crippen molar-refractivity contribution >= 4 is 5.57 Å². The summed E-state index contributed by atoms with van der Waals surface area (Å²) in [6.07, 6.45) is 7.44. The maximum Gasteiger partial charge on any atom is 0.0519 e. The van der Waals surface area contributed by atoms with Crippen molar-refractivity contribution in [3.05, 3.63) is 59.4 Å². The molecule has 1 atom stereocenters. The van der Waals surface area contributed by atoms with E-state index < -0.39 is 0 Å². The van der Waals surface area contributed by atoms with Crippen molar-refractivity contribution < 1.29 is 0 Å². The minimum Gasteiger partial charge on any atom is -0.257 e. The Kier molecular flexibility index (Phi) is 4.42. The lowest BCUT2D eigenvalue weighted by Crippen LogP contribution is -2.11. The Labute approximate surface area is 134 Å². The first-order valence-corrected chi connectivity index (χ1v) is 8.59. The molecule has 5 rings (SSSR count). The Morgan fingerprint density at radius 1 is 1.05 bits per heavy atom. The molecule has 0 aliphatic heterocycles. The molecule has 1 aromatic heterocycles. The predicted octanol–water partition coefficient (Wildman–Crippen LogP) is 6.14. The molecule has 2 aromatic rings. The van der Waals surface area contributed by atoms with E-state index in [9.17, 15) is 0 Å². The van der Waals surface area contributed by atoms with Gasteiger partial charge in [0.1, 0.15) is 0 Å². The zero-order chi connectivity index (χ0) is 15.5. The van der Waals surface area contributed by atoms with Gasteiger partial charge in [-0.15, -0.1) is 0 Å². The van der Waals surface area contributed by atoms with Crippen molar-refractivity contribution in [2.45, 2.75) is 52.4 Å². The van der Waals surface area contributed by atoms with Crippen molar-refractivity contribution in [1.29, 1.82) is 0 Å². The molecule has 1 unspecified atom stereocenters. The quantitative estimate of drug-likeness (QED) is 0.615. The number of hydrogen-bond acceptors (Lipinski definition) is 1. The molecule has 1 aromatic carbocycles. The van der Waals surface area contributed by atoms with Gasteiger partial charge in [0.05, 0.1) is 5.69 Å². The third kappa shape index (κ3) is 2.61. The van der Waals surface area contributed by atoms with Crippen LogP contribution in [0.25, 0.3) is 16.7 Å². The summed E-state index contributed by atoms with van der Waals surface area (Å²) in [6, 6.07) is 13.0. The van der Waals surface area contributed by atoms with Crippen LogP contribution in [0.15, 0.2) is 42.5 Å². The molecular weight excluding hydrogens is 266 g/mol. The van der Waals surface area contributed by atoms with E-state index >= 15 is 0 Å². The van der Waals surface area contributed by atoms with E-state index in [2.05, 4.69) is 49.4 Å². The topological polar surface area (TPSA) is 12.9 Å². The van der Waals surface area contributed by atoms with E-state index in [1.165, 1.54) is 53.6 Å². The fourth-order valence-electron chi connectivity index (χ4n) is 3.71. The van der Waals surface area contributed by atoms with Gasteiger partial charge in [-0.3, -0.25) is 4.98 Å². The Hall–Kier alpha value is -1.89. The highest BCUT2D eigenvalue weighted by Gasteiger charge is 2.29. The highest BCUT2D eigenvalue weighted by Crippen LogP contribution is 2.46. The molecule has 22 heavy (non-hydrogen) atoms. The lowest BCUT2D eigenvalue weighted by molar-refractivity contribution is 0.576. The summed E-state index contributed by atoms with van der Waals surface area (Å²) >= 11 is 0. The van der Waals surface area contributed by atoms with Gasteiger partial charge >= 0.3 is 0 Å². The average molecular weight is 291 g/mol. The monoisotopic (exact) mass is 291 g/mol. The second kappa shape index (κ2) is 6.48. The summed E-state index contributed by atoms with van der Waals surface area (Å²) in [5.74, 6) is 0.662. The number of hydrogen-bond donors (Lipinski definition) is 0. The van der Waals surface area contributed by atoms with E-state index in [0.29, 0.717) is 5.92 Å². The van der Waals surface area contributed by atoms with E-state index in [1.54, 1.807) is 0 Å². The summed E-state index contributed by atoms with van der Waals surface area (Å²) < 4.78 is 0. The van der Waals surface area contributed by atoms with Crippen LogP contribution in [0.5, 0.6) is 0 Å². The van der Waals surface area contributed by atoms with Crippen LogP contribution in [0, 0.1) is 6.92 Å². The molecule has 0 spiro atoms. The van der Waals surface area contributed by atoms with Crippen LogP contribution < -0.4 is 0 Å². The van der Waals surface area contributed by atoms with Crippen LogP contribution in [0.1, 0.15) is 62.4 Å². The molecule has 1 nitrogen and oxygen atoms in total. The first kappa shape index (κ1) is 15.0. The number of rotatable bonds is 1. The summed E-state index contributed by atoms with van der Waals surface area (Å²) in [4.78, 5) is 4.90. The zero-order valence-corrected chi connectivity index (χ0v) is 13.9. The lowest BCUT2D eigenvalue weighted by atomic mass is 9.80. The summed E-state index contributed by atoms with van der Waals surface area (Å²) in [5.41, 5.74) is 8.18. The molecule has 0 amide bonds. The molecule has 1 heterocycles. The van der Waals surface area contributed by atoms with Crippen molar-refractivity contribution in [1.82, 2.24) is 4.98 Å². The molecule has 114 valence electrons. The first-order valence-electron chi connectivity index (χ1n) is 8.59. The zero-order valence-electron chi connectivity index (χ0n) is 13.9. The third-order valence-corrected chi connectivity index (χ3v) is 4.64. The normalized spacial score (nSPS) is 18.7. The van der Waals surface area contributed by atoms with Crippen LogP contribution in [0.4, 0.5) is 0 Å². The van der Waals surface area contributed by atoms with E-state index in [0.717, 1.165) is 5.69 Å². The molecule has 0 radical (unpaired) electrons. The number of aryl methyl sites for hydroxylation is 1. The van der Waals surface area contributed by atoms with E-state index in [-0.39, 0.29) is 0 Å². The summed E-state index contributed by atoms with van der Waals surface area (Å²) in [6.45, 7) is 6.12. The van der Waals surface area contributed by atoms with Gasteiger partial charge in [-0.05, 0) is 55.4 Å². The van der Waals surface area contributed by atoms with Gasteiger partial charge in [0.25, 0.3) is 0 Å². The summed E-state index contributed by atoms with van der Waals surface area (Å²) in [5, 5.41) is 0. The van der Waals surface area contributed by atoms with Gasteiger partial charge in [0, 0.05) is 17.2 Å². The van der Waals surface area contributed by atoms with E-state index in [4.69, 9.17) is 4.98 Å². The number of fused-ring (bicyclic) bond motifs is 3. The number of aromatic nitrogens is 1. The Morgan fingerprint density at radius 2 is 1.82 bits per heavy atom. The number of allylic oxidation sites excluding steroid dienone is 2. The van der Waals surface area contributed by atoms with E-state index in [1.807, 2.05) is 13.8 Å². The minimum atomic E-state index is 0.662. The largest absolute Gasteiger partial charge is 0.257 e. The van der Waals surface area contributed by atoms with Crippen molar-refractivity contribution in [2.75, 3.05) is 0 Å². The Morgan fingerprint density at radius 3 is 2.59 bits per heavy atom. The average Bonchev–Trinajstić information content (AvgIpc) is 2.91. The van der Waals surface area contributed by atoms with Gasteiger partial charge in [0.2, 0.25) is 0 Å². The van der Waals surface area contributed by atoms with Crippen LogP contribution in [-0.2, 0) is 0 Å². The molecule has 3 aliphatic carbocycles. The molecule has 1 heteroatoms. The fourth-order valence-corrected chi connectivity index (χ4v) is 3.71. The van der Waals surface area contributed by atoms with Crippen molar-refractivity contribution in [3.63, 3.8) is 0 Å². The van der Waals surface area contributed by atoms with Gasteiger partial charge in [-0.1, -0.05) is 50.3 Å². The lowest BCUT2D eigenvalue weighted by Gasteiger charge is -2.26. The van der Waals surface area contributed by atoms with Gasteiger partial charge in [-0.2, -0.15) is 0 Å². The predicted molar refractivity (Wildman–Crippen MR) is 94.9 cm³/mol. The highest BCUT2D eigenvalue weighted by molar-refractivity contribution is 5.84. The molecule has 0 saturated carbocycles. The maximum atomic E-state index is 4.90. The third-order valence-electron chi connectivity index (χ3n) is 4.64. The molecule has 2 bridgehead atoms. The number of nitrogens with zero attached hydrogens (tertiary/aromatic N) is 1. The standard InChI is InChI=1S/C19H19N.C2H6/c1-13-12-17(14-6-3-2-4-7-14)18-15-8-5-9-16(11-10-15)19(18)20-13;1-2/h2-4,6-8,12,16H,5,9-11H2,1H3;1-2H3. The van der Waals surface area contributed by atoms with Crippen LogP contribution >= 0.6 is 0 Å². The van der Waals surface area contributed by atoms with Crippen LogP contribution in [-0.4, -0.2) is 4.98 Å². The van der Waals surface area contributed by atoms with Gasteiger partial charge in [0.15, 0.2) is 0 Å². The number of benzene rings is 1. The van der Waals surface area contributed by atoms with Crippen molar-refractivity contribution in [2.24, 2.45) is 0 Å². The SMILES string of the molecule is CC.Cc1cc(-c2ccccc2)c2c(n1)C1CCC=C2CC1.